The van der Waals surface area contributed by atoms with Gasteiger partial charge in [-0.3, -0.25) is 0 Å². The normalized spacial score (nSPS) is 11.6. The monoisotopic (exact) mass is 352 g/mol. The maximum Gasteiger partial charge on any atom is 0.421 e. The van der Waals surface area contributed by atoms with Gasteiger partial charge < -0.3 is 15.0 Å². The third kappa shape index (κ3) is 3.49. The second kappa shape index (κ2) is 6.37. The van der Waals surface area contributed by atoms with E-state index in [1.54, 1.807) is 6.07 Å². The second-order valence-electron chi connectivity index (χ2n) is 7.37. The summed E-state index contributed by atoms with van der Waals surface area (Å²) < 4.78 is 7.48. The molecule has 6 heteroatoms. The lowest BCUT2D eigenvalue weighted by atomic mass is 10.2. The number of benzene rings is 2. The molecule has 3 rings (SSSR count). The Balaban J connectivity index is 2.15. The summed E-state index contributed by atoms with van der Waals surface area (Å²) in [7, 11) is 1.87. The average molecular weight is 352 g/mol. The molecule has 0 atom stereocenters. The molecular weight excluding hydrogens is 328 g/mol. The zero-order valence-electron chi connectivity index (χ0n) is 15.8. The Kier molecular flexibility index (Phi) is 4.36. The Morgan fingerprint density at radius 3 is 2.42 bits per heavy atom. The zero-order valence-corrected chi connectivity index (χ0v) is 15.8. The van der Waals surface area contributed by atoms with E-state index >= 15 is 0 Å². The summed E-state index contributed by atoms with van der Waals surface area (Å²) in [5, 5.41) is 0. The van der Waals surface area contributed by atoms with Crippen molar-refractivity contribution in [1.29, 1.82) is 0 Å². The number of aromatic nitrogens is 2. The number of imidazole rings is 1. The van der Waals surface area contributed by atoms with E-state index in [1.165, 1.54) is 4.90 Å². The summed E-state index contributed by atoms with van der Waals surface area (Å²) >= 11 is 0. The first-order chi connectivity index (χ1) is 12.2. The van der Waals surface area contributed by atoms with Crippen LogP contribution in [-0.4, -0.2) is 21.2 Å². The molecule has 0 fully saturated rings. The average Bonchev–Trinajstić information content (AvgIpc) is 2.84. The molecule has 1 amide bonds. The van der Waals surface area contributed by atoms with Gasteiger partial charge in [-0.25, -0.2) is 14.7 Å². The number of carbonyl (C=O) groups excluding carboxylic acids is 1. The molecule has 0 aliphatic carbocycles. The molecule has 0 unspecified atom stereocenters. The smallest absolute Gasteiger partial charge is 0.421 e. The third-order valence-electron chi connectivity index (χ3n) is 3.95. The van der Waals surface area contributed by atoms with Crippen LogP contribution in [0.2, 0.25) is 0 Å². The quantitative estimate of drug-likeness (QED) is 0.687. The van der Waals surface area contributed by atoms with Crippen molar-refractivity contribution in [3.8, 4) is 0 Å². The topological polar surface area (TPSA) is 73.4 Å². The zero-order chi connectivity index (χ0) is 19.1. The summed E-state index contributed by atoms with van der Waals surface area (Å²) in [5.41, 5.74) is 9.29. The molecule has 2 aromatic carbocycles. The molecule has 26 heavy (non-hydrogen) atoms. The molecule has 1 aromatic heterocycles. The van der Waals surface area contributed by atoms with Gasteiger partial charge in [-0.15, -0.1) is 0 Å². The molecule has 0 bridgehead atoms. The maximum atomic E-state index is 13.0. The number of anilines is 3. The fourth-order valence-electron chi connectivity index (χ4n) is 2.71. The lowest BCUT2D eigenvalue weighted by molar-refractivity contribution is 0.0596. The molecule has 0 saturated carbocycles. The molecule has 0 aliphatic heterocycles. The number of amides is 1. The van der Waals surface area contributed by atoms with Gasteiger partial charge in [-0.1, -0.05) is 17.7 Å². The molecule has 136 valence electrons. The molecule has 2 N–H and O–H groups in total. The Hall–Kier alpha value is -3.02. The van der Waals surface area contributed by atoms with Gasteiger partial charge in [-0.2, -0.15) is 0 Å². The van der Waals surface area contributed by atoms with Gasteiger partial charge in [-0.05, 0) is 58.0 Å². The molecule has 6 nitrogen and oxygen atoms in total. The number of fused-ring (bicyclic) bond motifs is 1. The minimum Gasteiger partial charge on any atom is -0.443 e. The number of hydrogen-bond acceptors (Lipinski definition) is 4. The van der Waals surface area contributed by atoms with E-state index in [1.807, 2.05) is 75.7 Å². The van der Waals surface area contributed by atoms with Crippen molar-refractivity contribution in [1.82, 2.24) is 9.55 Å². The summed E-state index contributed by atoms with van der Waals surface area (Å²) in [5.74, 6) is 0.476. The van der Waals surface area contributed by atoms with Crippen molar-refractivity contribution in [3.63, 3.8) is 0 Å². The maximum absolute atomic E-state index is 13.0. The van der Waals surface area contributed by atoms with E-state index in [4.69, 9.17) is 10.5 Å². The van der Waals surface area contributed by atoms with E-state index in [-0.39, 0.29) is 0 Å². The fraction of sp³-hybridized carbons (Fsp3) is 0.300. The van der Waals surface area contributed by atoms with Gasteiger partial charge in [0.2, 0.25) is 5.95 Å². The Bertz CT molecular complexity index is 952. The number of nitrogens with two attached hydrogens (primary N) is 1. The number of nitrogen functional groups attached to an aromatic ring is 1. The van der Waals surface area contributed by atoms with Crippen LogP contribution in [0, 0.1) is 6.92 Å². The van der Waals surface area contributed by atoms with Crippen LogP contribution in [0.25, 0.3) is 11.0 Å². The highest BCUT2D eigenvalue weighted by atomic mass is 16.6. The Labute approximate surface area is 153 Å². The van der Waals surface area contributed by atoms with Gasteiger partial charge in [0.05, 0.1) is 16.7 Å². The van der Waals surface area contributed by atoms with Crippen LogP contribution in [0.15, 0.2) is 42.5 Å². The Morgan fingerprint density at radius 2 is 1.81 bits per heavy atom. The molecule has 0 spiro atoms. The molecule has 0 aliphatic rings. The largest absolute Gasteiger partial charge is 0.443 e. The first-order valence-corrected chi connectivity index (χ1v) is 8.47. The van der Waals surface area contributed by atoms with E-state index in [0.29, 0.717) is 17.3 Å². The van der Waals surface area contributed by atoms with E-state index in [0.717, 1.165) is 16.6 Å². The number of nitrogens with zero attached hydrogens (tertiary/aromatic N) is 3. The number of aryl methyl sites for hydroxylation is 2. The third-order valence-corrected chi connectivity index (χ3v) is 3.95. The van der Waals surface area contributed by atoms with Crippen molar-refractivity contribution >= 4 is 34.4 Å². The second-order valence-corrected chi connectivity index (χ2v) is 7.37. The van der Waals surface area contributed by atoms with Crippen LogP contribution in [0.1, 0.15) is 26.3 Å². The predicted molar refractivity (Wildman–Crippen MR) is 105 cm³/mol. The first-order valence-electron chi connectivity index (χ1n) is 8.47. The minimum absolute atomic E-state index is 0.476. The summed E-state index contributed by atoms with van der Waals surface area (Å²) in [6.45, 7) is 7.52. The van der Waals surface area contributed by atoms with E-state index in [9.17, 15) is 4.79 Å². The minimum atomic E-state index is -0.616. The van der Waals surface area contributed by atoms with Crippen LogP contribution >= 0.6 is 0 Å². The lowest BCUT2D eigenvalue weighted by Gasteiger charge is -2.26. The fourth-order valence-corrected chi connectivity index (χ4v) is 2.71. The lowest BCUT2D eigenvalue weighted by Crippen LogP contribution is -2.35. The van der Waals surface area contributed by atoms with Crippen LogP contribution in [-0.2, 0) is 11.8 Å². The summed E-state index contributed by atoms with van der Waals surface area (Å²) in [6, 6.07) is 13.2. The van der Waals surface area contributed by atoms with Gasteiger partial charge >= 0.3 is 6.09 Å². The number of rotatable bonds is 2. The summed E-state index contributed by atoms with van der Waals surface area (Å²) in [4.78, 5) is 19.1. The van der Waals surface area contributed by atoms with Crippen molar-refractivity contribution in [2.24, 2.45) is 7.05 Å². The number of ether oxygens (including phenoxy) is 1. The Morgan fingerprint density at radius 1 is 1.15 bits per heavy atom. The van der Waals surface area contributed by atoms with Crippen LogP contribution in [0.3, 0.4) is 0 Å². The highest BCUT2D eigenvalue weighted by molar-refractivity contribution is 5.96. The number of carbonyl (C=O) groups is 1. The summed E-state index contributed by atoms with van der Waals surface area (Å²) in [6.07, 6.45) is -0.479. The highest BCUT2D eigenvalue weighted by Gasteiger charge is 2.28. The molecule has 1 heterocycles. The van der Waals surface area contributed by atoms with Crippen molar-refractivity contribution in [2.75, 3.05) is 10.6 Å². The van der Waals surface area contributed by atoms with E-state index in [2.05, 4.69) is 4.98 Å². The van der Waals surface area contributed by atoms with Gasteiger partial charge in [0.15, 0.2) is 0 Å². The number of hydrogen-bond donors (Lipinski definition) is 1. The van der Waals surface area contributed by atoms with Gasteiger partial charge in [0, 0.05) is 12.7 Å². The first kappa shape index (κ1) is 17.8. The van der Waals surface area contributed by atoms with Gasteiger partial charge in [0.25, 0.3) is 0 Å². The molecule has 3 aromatic rings. The van der Waals surface area contributed by atoms with E-state index < -0.39 is 11.7 Å². The standard InChI is InChI=1S/C20H24N4O2/c1-13-6-9-15(10-7-13)24(19(25)26-20(2,3)4)18-22-16-12-14(21)8-11-17(16)23(18)5/h6-12H,21H2,1-5H3. The molecular formula is C20H24N4O2. The SMILES string of the molecule is Cc1ccc(N(C(=O)OC(C)(C)C)c2nc3cc(N)ccc3n2C)cc1. The predicted octanol–water partition coefficient (Wildman–Crippen LogP) is 4.54. The highest BCUT2D eigenvalue weighted by Crippen LogP contribution is 2.30. The van der Waals surface area contributed by atoms with Crippen molar-refractivity contribution < 1.29 is 9.53 Å². The van der Waals surface area contributed by atoms with Crippen LogP contribution < -0.4 is 10.6 Å². The molecule has 0 radical (unpaired) electrons. The van der Waals surface area contributed by atoms with Crippen molar-refractivity contribution in [3.05, 3.63) is 48.0 Å². The van der Waals surface area contributed by atoms with Crippen molar-refractivity contribution in [2.45, 2.75) is 33.3 Å². The van der Waals surface area contributed by atoms with Gasteiger partial charge in [0.1, 0.15) is 5.60 Å². The molecule has 0 saturated heterocycles. The van der Waals surface area contributed by atoms with Crippen LogP contribution in [0.5, 0.6) is 0 Å². The van der Waals surface area contributed by atoms with Crippen LogP contribution in [0.4, 0.5) is 22.1 Å².